The minimum Gasteiger partial charge on any atom is -0.383 e. The number of rotatable bonds is 4. The van der Waals surface area contributed by atoms with Crippen LogP contribution in [-0.2, 0) is 5.75 Å². The van der Waals surface area contributed by atoms with Crippen LogP contribution in [0.15, 0.2) is 40.4 Å². The van der Waals surface area contributed by atoms with Crippen molar-refractivity contribution in [2.45, 2.75) is 15.8 Å². The summed E-state index contributed by atoms with van der Waals surface area (Å²) in [4.78, 5) is 9.51. The standard InChI is InChI=1S/C12H14N4S2/c1-17-9-4-2-8(3-5-9)7-18-12-15-10(13)6-11(14)16-12/h2-6H,7H2,1H3,(H4,13,14,15,16). The molecule has 0 aliphatic heterocycles. The zero-order chi connectivity index (χ0) is 13.0. The zero-order valence-corrected chi connectivity index (χ0v) is 11.6. The van der Waals surface area contributed by atoms with Crippen LogP contribution in [0.5, 0.6) is 0 Å². The Labute approximate surface area is 115 Å². The summed E-state index contributed by atoms with van der Waals surface area (Å²) in [5, 5.41) is 0.612. The SMILES string of the molecule is CSc1ccc(CSc2nc(N)cc(N)n2)cc1. The van der Waals surface area contributed by atoms with E-state index >= 15 is 0 Å². The molecular weight excluding hydrogens is 264 g/mol. The van der Waals surface area contributed by atoms with Crippen LogP contribution in [0.4, 0.5) is 11.6 Å². The number of nitrogen functional groups attached to an aromatic ring is 2. The summed E-state index contributed by atoms with van der Waals surface area (Å²) >= 11 is 3.26. The Morgan fingerprint density at radius 1 is 1.06 bits per heavy atom. The molecule has 0 radical (unpaired) electrons. The summed E-state index contributed by atoms with van der Waals surface area (Å²) in [6.07, 6.45) is 2.06. The van der Waals surface area contributed by atoms with Crippen molar-refractivity contribution in [1.29, 1.82) is 0 Å². The van der Waals surface area contributed by atoms with Crippen LogP contribution < -0.4 is 11.5 Å². The van der Waals surface area contributed by atoms with E-state index in [0.29, 0.717) is 16.8 Å². The molecule has 0 bridgehead atoms. The molecule has 0 spiro atoms. The van der Waals surface area contributed by atoms with Crippen molar-refractivity contribution in [2.24, 2.45) is 0 Å². The summed E-state index contributed by atoms with van der Waals surface area (Å²) in [5.41, 5.74) is 12.5. The summed E-state index contributed by atoms with van der Waals surface area (Å²) in [6.45, 7) is 0. The molecule has 0 atom stereocenters. The van der Waals surface area contributed by atoms with Crippen LogP contribution >= 0.6 is 23.5 Å². The minimum absolute atomic E-state index is 0.405. The molecule has 1 heterocycles. The van der Waals surface area contributed by atoms with Gasteiger partial charge in [-0.2, -0.15) is 0 Å². The van der Waals surface area contributed by atoms with Crippen LogP contribution in [-0.4, -0.2) is 16.2 Å². The zero-order valence-electron chi connectivity index (χ0n) is 9.96. The quantitative estimate of drug-likeness (QED) is 0.661. The van der Waals surface area contributed by atoms with Gasteiger partial charge in [0.25, 0.3) is 0 Å². The van der Waals surface area contributed by atoms with E-state index in [0.717, 1.165) is 5.75 Å². The van der Waals surface area contributed by atoms with E-state index in [4.69, 9.17) is 11.5 Å². The topological polar surface area (TPSA) is 77.8 Å². The Balaban J connectivity index is 2.01. The number of hydrogen-bond acceptors (Lipinski definition) is 6. The summed E-state index contributed by atoms with van der Waals surface area (Å²) in [6, 6.07) is 9.98. The van der Waals surface area contributed by atoms with Crippen molar-refractivity contribution in [3.63, 3.8) is 0 Å². The van der Waals surface area contributed by atoms with Gasteiger partial charge in [-0.1, -0.05) is 23.9 Å². The molecule has 0 aliphatic rings. The fourth-order valence-electron chi connectivity index (χ4n) is 1.40. The predicted molar refractivity (Wildman–Crippen MR) is 78.6 cm³/mol. The van der Waals surface area contributed by atoms with Gasteiger partial charge < -0.3 is 11.5 Å². The van der Waals surface area contributed by atoms with Crippen molar-refractivity contribution in [1.82, 2.24) is 9.97 Å². The Morgan fingerprint density at radius 2 is 1.67 bits per heavy atom. The highest BCUT2D eigenvalue weighted by molar-refractivity contribution is 7.98. The van der Waals surface area contributed by atoms with Gasteiger partial charge in [-0.05, 0) is 24.0 Å². The Kier molecular flexibility index (Phi) is 4.33. The average molecular weight is 278 g/mol. The lowest BCUT2D eigenvalue weighted by atomic mass is 10.2. The van der Waals surface area contributed by atoms with E-state index in [9.17, 15) is 0 Å². The van der Waals surface area contributed by atoms with Gasteiger partial charge in [0.1, 0.15) is 11.6 Å². The van der Waals surface area contributed by atoms with Gasteiger partial charge in [-0.3, -0.25) is 0 Å². The molecule has 2 rings (SSSR count). The van der Waals surface area contributed by atoms with Gasteiger partial charge in [-0.15, -0.1) is 11.8 Å². The van der Waals surface area contributed by atoms with E-state index in [-0.39, 0.29) is 0 Å². The molecular formula is C12H14N4S2. The lowest BCUT2D eigenvalue weighted by Crippen LogP contribution is -1.99. The second-order valence-electron chi connectivity index (χ2n) is 3.64. The van der Waals surface area contributed by atoms with E-state index in [1.807, 2.05) is 0 Å². The maximum absolute atomic E-state index is 5.62. The molecule has 1 aromatic carbocycles. The third-order valence-electron chi connectivity index (χ3n) is 2.27. The molecule has 0 saturated heterocycles. The Morgan fingerprint density at radius 3 is 2.22 bits per heavy atom. The lowest BCUT2D eigenvalue weighted by Gasteiger charge is -2.03. The second kappa shape index (κ2) is 5.97. The predicted octanol–water partition coefficient (Wildman–Crippen LogP) is 2.66. The van der Waals surface area contributed by atoms with Crippen LogP contribution in [0.25, 0.3) is 0 Å². The first kappa shape index (κ1) is 13.0. The molecule has 0 unspecified atom stereocenters. The summed E-state index contributed by atoms with van der Waals surface area (Å²) in [7, 11) is 0. The number of thioether (sulfide) groups is 2. The highest BCUT2D eigenvalue weighted by Gasteiger charge is 2.02. The number of aromatic nitrogens is 2. The molecule has 4 N–H and O–H groups in total. The second-order valence-corrected chi connectivity index (χ2v) is 5.46. The van der Waals surface area contributed by atoms with Crippen LogP contribution in [0.3, 0.4) is 0 Å². The van der Waals surface area contributed by atoms with Crippen LogP contribution in [0, 0.1) is 0 Å². The van der Waals surface area contributed by atoms with Crippen molar-refractivity contribution in [3.8, 4) is 0 Å². The molecule has 18 heavy (non-hydrogen) atoms. The molecule has 0 fully saturated rings. The molecule has 0 saturated carbocycles. The van der Waals surface area contributed by atoms with Gasteiger partial charge in [0.2, 0.25) is 0 Å². The largest absolute Gasteiger partial charge is 0.383 e. The first-order valence-electron chi connectivity index (χ1n) is 5.33. The molecule has 0 amide bonds. The Bertz CT molecular complexity index is 508. The molecule has 4 nitrogen and oxygen atoms in total. The van der Waals surface area contributed by atoms with Gasteiger partial charge in [0.05, 0.1) is 0 Å². The minimum atomic E-state index is 0.405. The smallest absolute Gasteiger partial charge is 0.191 e. The van der Waals surface area contributed by atoms with E-state index < -0.39 is 0 Å². The molecule has 1 aromatic heterocycles. The van der Waals surface area contributed by atoms with E-state index in [1.165, 1.54) is 22.2 Å². The first-order chi connectivity index (χ1) is 8.67. The van der Waals surface area contributed by atoms with Crippen molar-refractivity contribution >= 4 is 35.2 Å². The van der Waals surface area contributed by atoms with Crippen LogP contribution in [0.1, 0.15) is 5.56 Å². The highest BCUT2D eigenvalue weighted by Crippen LogP contribution is 2.22. The van der Waals surface area contributed by atoms with Crippen molar-refractivity contribution < 1.29 is 0 Å². The average Bonchev–Trinajstić information content (AvgIpc) is 2.36. The summed E-state index contributed by atoms with van der Waals surface area (Å²) in [5.74, 6) is 1.61. The molecule has 2 aromatic rings. The number of nitrogens with zero attached hydrogens (tertiary/aromatic N) is 2. The fourth-order valence-corrected chi connectivity index (χ4v) is 2.63. The highest BCUT2D eigenvalue weighted by atomic mass is 32.2. The van der Waals surface area contributed by atoms with Crippen LogP contribution in [0.2, 0.25) is 0 Å². The number of hydrogen-bond donors (Lipinski definition) is 2. The normalized spacial score (nSPS) is 10.5. The number of anilines is 2. The number of nitrogens with two attached hydrogens (primary N) is 2. The molecule has 6 heteroatoms. The van der Waals surface area contributed by atoms with Gasteiger partial charge in [0.15, 0.2) is 5.16 Å². The molecule has 94 valence electrons. The monoisotopic (exact) mass is 278 g/mol. The van der Waals surface area contributed by atoms with Crippen molar-refractivity contribution in [3.05, 3.63) is 35.9 Å². The molecule has 0 aliphatic carbocycles. The third-order valence-corrected chi connectivity index (χ3v) is 3.93. The van der Waals surface area contributed by atoms with E-state index in [2.05, 4.69) is 40.5 Å². The number of benzene rings is 1. The van der Waals surface area contributed by atoms with E-state index in [1.54, 1.807) is 17.8 Å². The first-order valence-corrected chi connectivity index (χ1v) is 7.54. The maximum atomic E-state index is 5.62. The van der Waals surface area contributed by atoms with Gasteiger partial charge >= 0.3 is 0 Å². The van der Waals surface area contributed by atoms with Gasteiger partial charge in [-0.25, -0.2) is 9.97 Å². The third kappa shape index (κ3) is 3.54. The van der Waals surface area contributed by atoms with Gasteiger partial charge in [0, 0.05) is 16.7 Å². The lowest BCUT2D eigenvalue weighted by molar-refractivity contribution is 0.984. The Hall–Kier alpha value is -1.40. The summed E-state index contributed by atoms with van der Waals surface area (Å²) < 4.78 is 0. The maximum Gasteiger partial charge on any atom is 0.191 e. The fraction of sp³-hybridized carbons (Fsp3) is 0.167. The van der Waals surface area contributed by atoms with Crippen molar-refractivity contribution in [2.75, 3.05) is 17.7 Å².